The lowest BCUT2D eigenvalue weighted by molar-refractivity contribution is 0.415. The van der Waals surface area contributed by atoms with Crippen molar-refractivity contribution in [3.05, 3.63) is 53.6 Å². The zero-order chi connectivity index (χ0) is 13.0. The zero-order valence-corrected chi connectivity index (χ0v) is 10.6. The Labute approximate surface area is 107 Å². The number of benzene rings is 2. The average molecular weight is 243 g/mol. The molecule has 0 radical (unpaired) electrons. The first-order valence-electron chi connectivity index (χ1n) is 5.85. The van der Waals surface area contributed by atoms with Crippen LogP contribution in [-0.4, -0.2) is 12.2 Å². The summed E-state index contributed by atoms with van der Waals surface area (Å²) in [4.78, 5) is 0. The van der Waals surface area contributed by atoms with Crippen LogP contribution in [0.3, 0.4) is 0 Å². The van der Waals surface area contributed by atoms with Crippen molar-refractivity contribution >= 4 is 5.69 Å². The number of phenolic OH excluding ortho intramolecular Hbond substituents is 1. The Hall–Kier alpha value is -2.16. The molecule has 0 amide bonds. The van der Waals surface area contributed by atoms with Gasteiger partial charge in [-0.25, -0.2) is 0 Å². The van der Waals surface area contributed by atoms with E-state index in [4.69, 9.17) is 4.74 Å². The Kier molecular flexibility index (Phi) is 3.72. The molecule has 0 heterocycles. The minimum Gasteiger partial charge on any atom is -0.508 e. The third-order valence-corrected chi connectivity index (χ3v) is 2.86. The van der Waals surface area contributed by atoms with Gasteiger partial charge in [0.15, 0.2) is 0 Å². The summed E-state index contributed by atoms with van der Waals surface area (Å²) in [6, 6.07) is 13.1. The van der Waals surface area contributed by atoms with E-state index < -0.39 is 0 Å². The number of phenols is 1. The number of hydrogen-bond acceptors (Lipinski definition) is 3. The molecule has 0 spiro atoms. The van der Waals surface area contributed by atoms with Gasteiger partial charge >= 0.3 is 0 Å². The van der Waals surface area contributed by atoms with Gasteiger partial charge in [0.05, 0.1) is 7.11 Å². The van der Waals surface area contributed by atoms with Crippen molar-refractivity contribution in [3.8, 4) is 11.5 Å². The van der Waals surface area contributed by atoms with E-state index in [-0.39, 0.29) is 5.75 Å². The van der Waals surface area contributed by atoms with Crippen LogP contribution in [0.1, 0.15) is 11.1 Å². The highest BCUT2D eigenvalue weighted by Gasteiger charge is 2.00. The molecule has 0 saturated carbocycles. The van der Waals surface area contributed by atoms with Crippen molar-refractivity contribution in [1.29, 1.82) is 0 Å². The number of anilines is 1. The Morgan fingerprint density at radius 3 is 2.50 bits per heavy atom. The summed E-state index contributed by atoms with van der Waals surface area (Å²) in [5, 5.41) is 12.6. The van der Waals surface area contributed by atoms with Crippen molar-refractivity contribution in [1.82, 2.24) is 0 Å². The highest BCUT2D eigenvalue weighted by atomic mass is 16.5. The Bertz CT molecular complexity index is 521. The SMILES string of the molecule is COc1ccc(C)c(NCc2ccc(O)cc2)c1. The van der Waals surface area contributed by atoms with Gasteiger partial charge in [-0.05, 0) is 36.2 Å². The Balaban J connectivity index is 2.07. The lowest BCUT2D eigenvalue weighted by atomic mass is 10.1. The largest absolute Gasteiger partial charge is 0.508 e. The first-order chi connectivity index (χ1) is 8.69. The molecule has 0 bridgehead atoms. The fraction of sp³-hybridized carbons (Fsp3) is 0.200. The Morgan fingerprint density at radius 2 is 1.83 bits per heavy atom. The van der Waals surface area contributed by atoms with Crippen LogP contribution < -0.4 is 10.1 Å². The summed E-state index contributed by atoms with van der Waals surface area (Å²) in [5.74, 6) is 1.13. The van der Waals surface area contributed by atoms with Crippen LogP contribution in [0.5, 0.6) is 11.5 Å². The molecule has 2 rings (SSSR count). The fourth-order valence-electron chi connectivity index (χ4n) is 1.73. The van der Waals surface area contributed by atoms with Gasteiger partial charge in [0, 0.05) is 18.3 Å². The fourth-order valence-corrected chi connectivity index (χ4v) is 1.73. The molecule has 0 fully saturated rings. The smallest absolute Gasteiger partial charge is 0.120 e. The zero-order valence-electron chi connectivity index (χ0n) is 10.6. The maximum Gasteiger partial charge on any atom is 0.120 e. The highest BCUT2D eigenvalue weighted by Crippen LogP contribution is 2.22. The van der Waals surface area contributed by atoms with Crippen LogP contribution in [0, 0.1) is 6.92 Å². The average Bonchev–Trinajstić information content (AvgIpc) is 2.40. The molecule has 0 unspecified atom stereocenters. The molecule has 3 heteroatoms. The number of ether oxygens (including phenoxy) is 1. The number of aryl methyl sites for hydroxylation is 1. The van der Waals surface area contributed by atoms with E-state index in [1.807, 2.05) is 30.3 Å². The van der Waals surface area contributed by atoms with Crippen LogP contribution in [0.4, 0.5) is 5.69 Å². The van der Waals surface area contributed by atoms with Gasteiger partial charge in [-0.3, -0.25) is 0 Å². The number of rotatable bonds is 4. The van der Waals surface area contributed by atoms with Gasteiger partial charge < -0.3 is 15.2 Å². The van der Waals surface area contributed by atoms with E-state index in [0.29, 0.717) is 6.54 Å². The molecule has 0 aliphatic heterocycles. The molecule has 3 nitrogen and oxygen atoms in total. The van der Waals surface area contributed by atoms with Gasteiger partial charge in [0.25, 0.3) is 0 Å². The second-order valence-electron chi connectivity index (χ2n) is 4.20. The minimum atomic E-state index is 0.288. The quantitative estimate of drug-likeness (QED) is 0.865. The lowest BCUT2D eigenvalue weighted by Crippen LogP contribution is -2.01. The standard InChI is InChI=1S/C15H17NO2/c1-11-3-8-14(18-2)9-15(11)16-10-12-4-6-13(17)7-5-12/h3-9,16-17H,10H2,1-2H3. The molecule has 0 aliphatic carbocycles. The van der Waals surface area contributed by atoms with Crippen LogP contribution >= 0.6 is 0 Å². The van der Waals surface area contributed by atoms with E-state index in [9.17, 15) is 5.11 Å². The third-order valence-electron chi connectivity index (χ3n) is 2.86. The topological polar surface area (TPSA) is 41.5 Å². The molecule has 0 saturated heterocycles. The third kappa shape index (κ3) is 2.94. The van der Waals surface area contributed by atoms with Crippen LogP contribution in [0.2, 0.25) is 0 Å². The second kappa shape index (κ2) is 5.45. The van der Waals surface area contributed by atoms with Gasteiger partial charge in [-0.2, -0.15) is 0 Å². The van der Waals surface area contributed by atoms with E-state index in [2.05, 4.69) is 12.2 Å². The van der Waals surface area contributed by atoms with Crippen molar-refractivity contribution in [2.45, 2.75) is 13.5 Å². The van der Waals surface area contributed by atoms with Crippen molar-refractivity contribution in [2.75, 3.05) is 12.4 Å². The minimum absolute atomic E-state index is 0.288. The maximum absolute atomic E-state index is 9.22. The van der Waals surface area contributed by atoms with Gasteiger partial charge in [0.2, 0.25) is 0 Å². The normalized spacial score (nSPS) is 10.1. The summed E-state index contributed by atoms with van der Waals surface area (Å²) in [6.45, 7) is 2.77. The predicted octanol–water partition coefficient (Wildman–Crippen LogP) is 3.32. The summed E-state index contributed by atoms with van der Waals surface area (Å²) in [7, 11) is 1.66. The summed E-state index contributed by atoms with van der Waals surface area (Å²) in [6.07, 6.45) is 0. The van der Waals surface area contributed by atoms with Gasteiger partial charge in [0.1, 0.15) is 11.5 Å². The maximum atomic E-state index is 9.22. The van der Waals surface area contributed by atoms with E-state index in [1.165, 1.54) is 5.56 Å². The first kappa shape index (κ1) is 12.3. The lowest BCUT2D eigenvalue weighted by Gasteiger charge is -2.11. The van der Waals surface area contributed by atoms with Crippen molar-refractivity contribution in [2.24, 2.45) is 0 Å². The van der Waals surface area contributed by atoms with Gasteiger partial charge in [-0.15, -0.1) is 0 Å². The van der Waals surface area contributed by atoms with Gasteiger partial charge in [-0.1, -0.05) is 18.2 Å². The molecular formula is C15H17NO2. The molecule has 18 heavy (non-hydrogen) atoms. The molecule has 0 atom stereocenters. The number of nitrogens with one attached hydrogen (secondary N) is 1. The number of methoxy groups -OCH3 is 1. The molecular weight excluding hydrogens is 226 g/mol. The summed E-state index contributed by atoms with van der Waals surface area (Å²) in [5.41, 5.74) is 3.35. The van der Waals surface area contributed by atoms with Crippen molar-refractivity contribution in [3.63, 3.8) is 0 Å². The summed E-state index contributed by atoms with van der Waals surface area (Å²) < 4.78 is 5.20. The Morgan fingerprint density at radius 1 is 1.11 bits per heavy atom. The number of aromatic hydroxyl groups is 1. The predicted molar refractivity (Wildman–Crippen MR) is 73.2 cm³/mol. The number of hydrogen-bond donors (Lipinski definition) is 2. The van der Waals surface area contributed by atoms with Crippen LogP contribution in [-0.2, 0) is 6.54 Å². The molecule has 0 aromatic heterocycles. The first-order valence-corrected chi connectivity index (χ1v) is 5.85. The molecule has 2 aromatic rings. The molecule has 2 aromatic carbocycles. The molecule has 0 aliphatic rings. The van der Waals surface area contributed by atoms with Crippen molar-refractivity contribution < 1.29 is 9.84 Å². The van der Waals surface area contributed by atoms with Crippen LogP contribution in [0.25, 0.3) is 0 Å². The highest BCUT2D eigenvalue weighted by molar-refractivity contribution is 5.54. The molecule has 2 N–H and O–H groups in total. The van der Waals surface area contributed by atoms with E-state index in [0.717, 1.165) is 17.0 Å². The summed E-state index contributed by atoms with van der Waals surface area (Å²) >= 11 is 0. The second-order valence-corrected chi connectivity index (χ2v) is 4.20. The monoisotopic (exact) mass is 243 g/mol. The van der Waals surface area contributed by atoms with E-state index in [1.54, 1.807) is 19.2 Å². The van der Waals surface area contributed by atoms with E-state index >= 15 is 0 Å². The van der Waals surface area contributed by atoms with Crippen LogP contribution in [0.15, 0.2) is 42.5 Å². The molecule has 94 valence electrons.